The fourth-order valence-corrected chi connectivity index (χ4v) is 5.79. The van der Waals surface area contributed by atoms with Gasteiger partial charge in [-0.1, -0.05) is 0 Å². The molecule has 0 radical (unpaired) electrons. The third kappa shape index (κ3) is 3.28. The van der Waals surface area contributed by atoms with E-state index in [1.165, 1.54) is 27.3 Å². The van der Waals surface area contributed by atoms with Crippen molar-refractivity contribution in [2.24, 2.45) is 11.8 Å². The minimum absolute atomic E-state index is 0.0108. The summed E-state index contributed by atoms with van der Waals surface area (Å²) in [7, 11) is 4.46. The summed E-state index contributed by atoms with van der Waals surface area (Å²) in [5, 5.41) is 13.9. The summed E-state index contributed by atoms with van der Waals surface area (Å²) < 4.78 is 28.2. The van der Waals surface area contributed by atoms with E-state index in [2.05, 4.69) is 5.32 Å². The number of benzene rings is 2. The number of fused-ring (bicyclic) bond motifs is 3. The molecule has 0 bridgehead atoms. The molecule has 188 valence electrons. The van der Waals surface area contributed by atoms with Crippen LogP contribution in [0.25, 0.3) is 0 Å². The number of hydrogen-bond donors (Lipinski definition) is 2. The van der Waals surface area contributed by atoms with E-state index in [1.807, 2.05) is 24.3 Å². The number of ether oxygens (including phenoxy) is 5. The van der Waals surface area contributed by atoms with Crippen molar-refractivity contribution in [1.82, 2.24) is 10.2 Å². The van der Waals surface area contributed by atoms with E-state index in [-0.39, 0.29) is 53.8 Å². The van der Waals surface area contributed by atoms with Crippen LogP contribution in [0.1, 0.15) is 28.7 Å². The fraction of sp³-hybridized carbons (Fsp3) is 0.385. The van der Waals surface area contributed by atoms with Gasteiger partial charge < -0.3 is 34.1 Å². The van der Waals surface area contributed by atoms with Crippen LogP contribution in [0.2, 0.25) is 0 Å². The number of methoxy groups -OCH3 is 2. The van der Waals surface area contributed by atoms with Crippen LogP contribution in [-0.4, -0.2) is 63.1 Å². The molecule has 3 aliphatic heterocycles. The Morgan fingerprint density at radius 1 is 0.972 bits per heavy atom. The molecular formula is C26H26N2O8. The number of likely N-dealkylation sites (N-methyl/N-ethyl adjacent to an activating group) is 1. The number of imide groups is 1. The highest BCUT2D eigenvalue weighted by molar-refractivity contribution is 6.15. The van der Waals surface area contributed by atoms with Crippen molar-refractivity contribution in [2.75, 3.05) is 41.3 Å². The Morgan fingerprint density at radius 3 is 2.22 bits per heavy atom. The molecule has 4 atom stereocenters. The minimum Gasteiger partial charge on any atom is -0.502 e. The van der Waals surface area contributed by atoms with Gasteiger partial charge in [-0.05, 0) is 41.0 Å². The second-order valence-corrected chi connectivity index (χ2v) is 9.33. The maximum atomic E-state index is 12.7. The Hall–Kier alpha value is -3.92. The number of carbonyl (C=O) groups is 2. The van der Waals surface area contributed by atoms with Crippen molar-refractivity contribution in [2.45, 2.75) is 12.0 Å². The van der Waals surface area contributed by atoms with Crippen LogP contribution in [-0.2, 0) is 14.3 Å². The van der Waals surface area contributed by atoms with Gasteiger partial charge in [-0.2, -0.15) is 0 Å². The molecule has 10 nitrogen and oxygen atoms in total. The van der Waals surface area contributed by atoms with Gasteiger partial charge in [0.1, 0.15) is 5.70 Å². The van der Waals surface area contributed by atoms with E-state index in [9.17, 15) is 14.7 Å². The predicted octanol–water partition coefficient (Wildman–Crippen LogP) is 2.06. The zero-order valence-corrected chi connectivity index (χ0v) is 20.1. The molecule has 1 saturated heterocycles. The third-order valence-corrected chi connectivity index (χ3v) is 7.58. The molecule has 0 spiro atoms. The van der Waals surface area contributed by atoms with Crippen molar-refractivity contribution in [3.05, 3.63) is 52.7 Å². The number of phenolic OH excluding ortho intramolecular Hbond substituents is 1. The number of hydrogen-bond acceptors (Lipinski definition) is 9. The molecule has 1 fully saturated rings. The Labute approximate surface area is 207 Å². The molecule has 36 heavy (non-hydrogen) atoms. The molecule has 2 aromatic rings. The summed E-state index contributed by atoms with van der Waals surface area (Å²) in [6.45, 7) is 1.10. The van der Waals surface area contributed by atoms with Crippen LogP contribution in [0, 0.1) is 11.8 Å². The zero-order valence-electron chi connectivity index (χ0n) is 20.1. The van der Waals surface area contributed by atoms with E-state index in [4.69, 9.17) is 23.7 Å². The smallest absolute Gasteiger partial charge is 0.276 e. The van der Waals surface area contributed by atoms with Gasteiger partial charge in [-0.25, -0.2) is 0 Å². The van der Waals surface area contributed by atoms with Crippen LogP contribution in [0.3, 0.4) is 0 Å². The summed E-state index contributed by atoms with van der Waals surface area (Å²) >= 11 is 0. The predicted molar refractivity (Wildman–Crippen MR) is 125 cm³/mol. The van der Waals surface area contributed by atoms with E-state index in [0.717, 1.165) is 21.6 Å². The first kappa shape index (κ1) is 22.5. The molecule has 3 heterocycles. The summed E-state index contributed by atoms with van der Waals surface area (Å²) in [5.41, 5.74) is 3.06. The lowest BCUT2D eigenvalue weighted by Gasteiger charge is -2.41. The van der Waals surface area contributed by atoms with Crippen molar-refractivity contribution in [1.29, 1.82) is 0 Å². The zero-order chi connectivity index (χ0) is 25.1. The number of amides is 2. The second kappa shape index (κ2) is 8.34. The standard InChI is InChI=1S/C26H26N2O8/c1-28-22(29)8-17(26(28)31)27-24-14-7-19-18(35-11-36-19)6-13(14)23(15-9-34-10-16(15)24)12-4-20(32-2)25(30)21(5-12)33-3/h4-8,15-16,23-24,27,30H,9-11H2,1-3H3/t15-,16-,23+,24+/m1/s1. The Balaban J connectivity index is 1.51. The molecule has 4 aliphatic rings. The second-order valence-electron chi connectivity index (χ2n) is 9.33. The number of nitrogens with one attached hydrogen (secondary N) is 1. The number of carbonyl (C=O) groups excluding carboxylic acids is 2. The number of nitrogens with zero attached hydrogens (tertiary/aromatic N) is 1. The monoisotopic (exact) mass is 494 g/mol. The molecule has 10 heteroatoms. The third-order valence-electron chi connectivity index (χ3n) is 7.58. The normalized spacial score (nSPS) is 26.0. The van der Waals surface area contributed by atoms with Gasteiger partial charge in [0, 0.05) is 30.9 Å². The molecule has 6 rings (SSSR count). The summed E-state index contributed by atoms with van der Waals surface area (Å²) in [4.78, 5) is 25.9. The van der Waals surface area contributed by atoms with Gasteiger partial charge >= 0.3 is 0 Å². The Kier molecular flexibility index (Phi) is 5.22. The maximum absolute atomic E-state index is 12.7. The summed E-state index contributed by atoms with van der Waals surface area (Å²) in [5.74, 6) is 0.971. The number of phenols is 1. The lowest BCUT2D eigenvalue weighted by molar-refractivity contribution is -0.135. The highest BCUT2D eigenvalue weighted by Gasteiger charge is 2.48. The first-order valence-corrected chi connectivity index (χ1v) is 11.7. The van der Waals surface area contributed by atoms with Crippen molar-refractivity contribution in [3.63, 3.8) is 0 Å². The molecule has 2 aromatic carbocycles. The molecule has 0 saturated carbocycles. The summed E-state index contributed by atoms with van der Waals surface area (Å²) in [6.07, 6.45) is 1.33. The van der Waals surface area contributed by atoms with E-state index >= 15 is 0 Å². The number of rotatable bonds is 5. The van der Waals surface area contributed by atoms with Crippen molar-refractivity contribution in [3.8, 4) is 28.7 Å². The average molecular weight is 495 g/mol. The Bertz CT molecular complexity index is 1280. The minimum atomic E-state index is -0.368. The average Bonchev–Trinajstić information content (AvgIpc) is 3.60. The van der Waals surface area contributed by atoms with Gasteiger partial charge in [-0.15, -0.1) is 0 Å². The largest absolute Gasteiger partial charge is 0.502 e. The van der Waals surface area contributed by atoms with E-state index in [1.54, 1.807) is 0 Å². The number of aromatic hydroxyl groups is 1. The molecule has 0 aromatic heterocycles. The van der Waals surface area contributed by atoms with E-state index in [0.29, 0.717) is 36.2 Å². The van der Waals surface area contributed by atoms with Gasteiger partial charge in [0.05, 0.1) is 33.5 Å². The Morgan fingerprint density at radius 2 is 1.61 bits per heavy atom. The van der Waals surface area contributed by atoms with Crippen molar-refractivity contribution >= 4 is 11.8 Å². The highest BCUT2D eigenvalue weighted by atomic mass is 16.7. The topological polar surface area (TPSA) is 116 Å². The van der Waals surface area contributed by atoms with E-state index < -0.39 is 0 Å². The molecular weight excluding hydrogens is 468 g/mol. The lowest BCUT2D eigenvalue weighted by Crippen LogP contribution is -2.41. The van der Waals surface area contributed by atoms with Crippen LogP contribution in [0.5, 0.6) is 28.7 Å². The SMILES string of the molecule is COc1cc([C@H]2c3cc4c(cc3[C@H](NC3=CC(=O)N(C)C3=O)[C@@H]3COC[C@@H]23)OCO4)cc(OC)c1O. The van der Waals surface area contributed by atoms with Crippen LogP contribution < -0.4 is 24.3 Å². The van der Waals surface area contributed by atoms with Crippen molar-refractivity contribution < 1.29 is 38.4 Å². The fourth-order valence-electron chi connectivity index (χ4n) is 5.79. The van der Waals surface area contributed by atoms with Crippen LogP contribution >= 0.6 is 0 Å². The molecule has 2 N–H and O–H groups in total. The highest BCUT2D eigenvalue weighted by Crippen LogP contribution is 2.55. The van der Waals surface area contributed by atoms with Gasteiger partial charge in [0.15, 0.2) is 23.0 Å². The first-order chi connectivity index (χ1) is 17.4. The lowest BCUT2D eigenvalue weighted by atomic mass is 9.65. The summed E-state index contributed by atoms with van der Waals surface area (Å²) in [6, 6.07) is 7.25. The quantitative estimate of drug-likeness (QED) is 0.603. The molecule has 1 aliphatic carbocycles. The maximum Gasteiger partial charge on any atom is 0.276 e. The van der Waals surface area contributed by atoms with Crippen LogP contribution in [0.4, 0.5) is 0 Å². The van der Waals surface area contributed by atoms with Gasteiger partial charge in [-0.3, -0.25) is 14.5 Å². The van der Waals surface area contributed by atoms with Gasteiger partial charge in [0.2, 0.25) is 12.5 Å². The molecule has 0 unspecified atom stereocenters. The van der Waals surface area contributed by atoms with Gasteiger partial charge in [0.25, 0.3) is 11.8 Å². The molecule has 2 amide bonds. The van der Waals surface area contributed by atoms with Crippen LogP contribution in [0.15, 0.2) is 36.0 Å². The first-order valence-electron chi connectivity index (χ1n) is 11.7.